The van der Waals surface area contributed by atoms with Crippen LogP contribution in [0.4, 0.5) is 0 Å². The average Bonchev–Trinajstić information content (AvgIpc) is 2.84. The Hall–Kier alpha value is -3.28. The Morgan fingerprint density at radius 1 is 0.861 bits per heavy atom. The van der Waals surface area contributed by atoms with E-state index in [1.807, 2.05) is 19.1 Å². The minimum Gasteiger partial charge on any atom is -0.493 e. The number of ether oxygens (including phenoxy) is 4. The summed E-state index contributed by atoms with van der Waals surface area (Å²) in [6.45, 7) is 12.6. The van der Waals surface area contributed by atoms with Crippen molar-refractivity contribution in [3.05, 3.63) is 59.2 Å². The van der Waals surface area contributed by atoms with Crippen molar-refractivity contribution >= 4 is 17.8 Å². The zero-order valence-corrected chi connectivity index (χ0v) is 22.5. The van der Waals surface area contributed by atoms with Crippen LogP contribution in [-0.2, 0) is 9.53 Å². The van der Waals surface area contributed by atoms with Crippen LogP contribution < -0.4 is 14.2 Å². The number of benzene rings is 2. The molecule has 0 unspecified atom stereocenters. The Kier molecular flexibility index (Phi) is 11.5. The van der Waals surface area contributed by atoms with Gasteiger partial charge in [0, 0.05) is 5.56 Å². The van der Waals surface area contributed by atoms with Gasteiger partial charge in [0.05, 0.1) is 24.2 Å². The van der Waals surface area contributed by atoms with Gasteiger partial charge in [0.15, 0.2) is 5.78 Å². The number of hydrogen-bond acceptors (Lipinski definition) is 6. The molecule has 2 aromatic carbocycles. The van der Waals surface area contributed by atoms with Crippen LogP contribution >= 0.6 is 0 Å². The first-order valence-corrected chi connectivity index (χ1v) is 12.7. The zero-order chi connectivity index (χ0) is 26.6. The van der Waals surface area contributed by atoms with Gasteiger partial charge >= 0.3 is 5.97 Å². The standard InChI is InChI=1S/C30H40O6/c1-7-9-19-33-27-18-11-22(3)28(34-20-10-8-2)25(27)16-17-26(31)23-12-14-24(15-13-23)35-21-36-29(32)30(4,5)6/h11-18H,7-10,19-21H2,1-6H3/b17-16+. The molecule has 0 saturated carbocycles. The lowest BCUT2D eigenvalue weighted by Gasteiger charge is -2.16. The summed E-state index contributed by atoms with van der Waals surface area (Å²) in [5.41, 5.74) is 1.69. The Labute approximate surface area is 215 Å². The molecule has 0 amide bonds. The summed E-state index contributed by atoms with van der Waals surface area (Å²) >= 11 is 0. The van der Waals surface area contributed by atoms with E-state index in [2.05, 4.69) is 13.8 Å². The first-order valence-electron chi connectivity index (χ1n) is 12.7. The van der Waals surface area contributed by atoms with E-state index in [0.717, 1.165) is 42.6 Å². The molecule has 2 rings (SSSR count). The SMILES string of the molecule is CCCCOc1ccc(C)c(OCCCC)c1/C=C/C(=O)c1ccc(OCOC(=O)C(C)(C)C)cc1. The molecule has 0 aromatic heterocycles. The van der Waals surface area contributed by atoms with E-state index < -0.39 is 5.41 Å². The molecule has 0 aliphatic heterocycles. The number of carbonyl (C=O) groups excluding carboxylic acids is 2. The number of unbranched alkanes of at least 4 members (excludes halogenated alkanes) is 2. The normalized spacial score (nSPS) is 11.4. The Morgan fingerprint density at radius 3 is 2.11 bits per heavy atom. The minimum atomic E-state index is -0.592. The van der Waals surface area contributed by atoms with Gasteiger partial charge in [0.2, 0.25) is 6.79 Å². The molecule has 196 valence electrons. The van der Waals surface area contributed by atoms with Crippen LogP contribution in [0.2, 0.25) is 0 Å². The van der Waals surface area contributed by atoms with E-state index in [9.17, 15) is 9.59 Å². The van der Waals surface area contributed by atoms with E-state index in [0.29, 0.717) is 30.3 Å². The Balaban J connectivity index is 2.13. The molecule has 0 aliphatic carbocycles. The summed E-state index contributed by atoms with van der Waals surface area (Å²) in [6, 6.07) is 10.6. The lowest BCUT2D eigenvalue weighted by atomic mass is 9.98. The summed E-state index contributed by atoms with van der Waals surface area (Å²) in [4.78, 5) is 24.7. The lowest BCUT2D eigenvalue weighted by Crippen LogP contribution is -2.24. The van der Waals surface area contributed by atoms with Crippen molar-refractivity contribution in [2.75, 3.05) is 20.0 Å². The smallest absolute Gasteiger partial charge is 0.314 e. The van der Waals surface area contributed by atoms with Gasteiger partial charge < -0.3 is 18.9 Å². The number of allylic oxidation sites excluding steroid dienone is 1. The fourth-order valence-electron chi connectivity index (χ4n) is 3.15. The van der Waals surface area contributed by atoms with Gasteiger partial charge in [-0.1, -0.05) is 32.8 Å². The van der Waals surface area contributed by atoms with Crippen molar-refractivity contribution in [3.8, 4) is 17.2 Å². The number of esters is 1. The van der Waals surface area contributed by atoms with E-state index in [4.69, 9.17) is 18.9 Å². The molecular weight excluding hydrogens is 456 g/mol. The van der Waals surface area contributed by atoms with Crippen LogP contribution in [0.5, 0.6) is 17.2 Å². The van der Waals surface area contributed by atoms with Crippen LogP contribution in [0, 0.1) is 12.3 Å². The quantitative estimate of drug-likeness (QED) is 0.0907. The van der Waals surface area contributed by atoms with Crippen LogP contribution in [-0.4, -0.2) is 31.8 Å². The largest absolute Gasteiger partial charge is 0.493 e. The predicted octanol–water partition coefficient (Wildman–Crippen LogP) is 7.17. The summed E-state index contributed by atoms with van der Waals surface area (Å²) < 4.78 is 22.7. The zero-order valence-electron chi connectivity index (χ0n) is 22.5. The number of aryl methyl sites for hydroxylation is 1. The molecule has 0 bridgehead atoms. The van der Waals surface area contributed by atoms with Gasteiger partial charge in [-0.3, -0.25) is 9.59 Å². The van der Waals surface area contributed by atoms with Crippen molar-refractivity contribution in [3.63, 3.8) is 0 Å². The molecule has 0 spiro atoms. The van der Waals surface area contributed by atoms with Crippen LogP contribution in [0.15, 0.2) is 42.5 Å². The number of carbonyl (C=O) groups is 2. The van der Waals surface area contributed by atoms with Crippen molar-refractivity contribution in [2.24, 2.45) is 5.41 Å². The molecule has 0 fully saturated rings. The highest BCUT2D eigenvalue weighted by Gasteiger charge is 2.23. The van der Waals surface area contributed by atoms with Crippen LogP contribution in [0.3, 0.4) is 0 Å². The minimum absolute atomic E-state index is 0.152. The third kappa shape index (κ3) is 9.06. The topological polar surface area (TPSA) is 71.1 Å². The van der Waals surface area contributed by atoms with Gasteiger partial charge in [0.1, 0.15) is 17.2 Å². The summed E-state index contributed by atoms with van der Waals surface area (Å²) in [6.07, 6.45) is 7.28. The fourth-order valence-corrected chi connectivity index (χ4v) is 3.15. The molecule has 0 N–H and O–H groups in total. The van der Waals surface area contributed by atoms with Crippen molar-refractivity contribution < 1.29 is 28.5 Å². The van der Waals surface area contributed by atoms with Crippen LogP contribution in [0.25, 0.3) is 6.08 Å². The van der Waals surface area contributed by atoms with Crippen LogP contribution in [0.1, 0.15) is 81.8 Å². The summed E-state index contributed by atoms with van der Waals surface area (Å²) in [7, 11) is 0. The molecule has 0 atom stereocenters. The molecule has 6 nitrogen and oxygen atoms in total. The molecule has 0 heterocycles. The number of ketones is 1. The third-order valence-corrected chi connectivity index (χ3v) is 5.42. The van der Waals surface area contributed by atoms with E-state index in [-0.39, 0.29) is 18.5 Å². The third-order valence-electron chi connectivity index (χ3n) is 5.42. The van der Waals surface area contributed by atoms with E-state index in [1.54, 1.807) is 51.1 Å². The highest BCUT2D eigenvalue weighted by atomic mass is 16.7. The maximum absolute atomic E-state index is 12.9. The van der Waals surface area contributed by atoms with Gasteiger partial charge in [-0.25, -0.2) is 0 Å². The molecule has 0 saturated heterocycles. The predicted molar refractivity (Wildman–Crippen MR) is 143 cm³/mol. The van der Waals surface area contributed by atoms with Gasteiger partial charge in [0.25, 0.3) is 0 Å². The Bertz CT molecular complexity index is 1010. The highest BCUT2D eigenvalue weighted by molar-refractivity contribution is 6.07. The van der Waals surface area contributed by atoms with Gasteiger partial charge in [-0.2, -0.15) is 0 Å². The monoisotopic (exact) mass is 496 g/mol. The number of hydrogen-bond donors (Lipinski definition) is 0. The van der Waals surface area contributed by atoms with Gasteiger partial charge in [-0.05, 0) is 88.6 Å². The second-order valence-corrected chi connectivity index (χ2v) is 9.69. The second kappa shape index (κ2) is 14.3. The first kappa shape index (κ1) is 29.0. The molecule has 6 heteroatoms. The molecular formula is C30H40O6. The summed E-state index contributed by atoms with van der Waals surface area (Å²) in [5.74, 6) is 1.47. The fraction of sp³-hybridized carbons (Fsp3) is 0.467. The second-order valence-electron chi connectivity index (χ2n) is 9.69. The summed E-state index contributed by atoms with van der Waals surface area (Å²) in [5, 5.41) is 0. The van der Waals surface area contributed by atoms with E-state index >= 15 is 0 Å². The van der Waals surface area contributed by atoms with Crippen molar-refractivity contribution in [2.45, 2.75) is 67.2 Å². The van der Waals surface area contributed by atoms with E-state index in [1.165, 1.54) is 6.08 Å². The Morgan fingerprint density at radius 2 is 1.50 bits per heavy atom. The molecule has 36 heavy (non-hydrogen) atoms. The lowest BCUT2D eigenvalue weighted by molar-refractivity contribution is -0.159. The highest BCUT2D eigenvalue weighted by Crippen LogP contribution is 2.34. The number of rotatable bonds is 14. The van der Waals surface area contributed by atoms with Crippen molar-refractivity contribution in [1.82, 2.24) is 0 Å². The molecule has 2 aromatic rings. The van der Waals surface area contributed by atoms with Crippen molar-refractivity contribution in [1.29, 1.82) is 0 Å². The maximum atomic E-state index is 12.9. The molecule has 0 radical (unpaired) electrons. The average molecular weight is 497 g/mol. The first-order chi connectivity index (χ1) is 17.2. The van der Waals surface area contributed by atoms with Gasteiger partial charge in [-0.15, -0.1) is 0 Å². The maximum Gasteiger partial charge on any atom is 0.314 e. The molecule has 0 aliphatic rings.